The van der Waals surface area contributed by atoms with E-state index in [4.69, 9.17) is 5.73 Å². The van der Waals surface area contributed by atoms with Gasteiger partial charge in [-0.3, -0.25) is 0 Å². The zero-order valence-corrected chi connectivity index (χ0v) is 8.38. The van der Waals surface area contributed by atoms with Crippen LogP contribution in [0.5, 0.6) is 0 Å². The summed E-state index contributed by atoms with van der Waals surface area (Å²) in [4.78, 5) is 0. The molecule has 1 atom stereocenters. The summed E-state index contributed by atoms with van der Waals surface area (Å²) in [6, 6.07) is 5.94. The van der Waals surface area contributed by atoms with Crippen LogP contribution in [0.2, 0.25) is 0 Å². The largest absolute Gasteiger partial charge is 0.322 e. The van der Waals surface area contributed by atoms with Gasteiger partial charge in [-0.25, -0.2) is 4.52 Å². The summed E-state index contributed by atoms with van der Waals surface area (Å²) in [5, 5.41) is 7.87. The third-order valence-corrected chi connectivity index (χ3v) is 2.41. The van der Waals surface area contributed by atoms with Crippen LogP contribution in [0.15, 0.2) is 24.4 Å². The van der Waals surface area contributed by atoms with Crippen molar-refractivity contribution in [3.8, 4) is 0 Å². The summed E-state index contributed by atoms with van der Waals surface area (Å²) in [7, 11) is 0. The van der Waals surface area contributed by atoms with E-state index in [9.17, 15) is 0 Å². The summed E-state index contributed by atoms with van der Waals surface area (Å²) in [5.74, 6) is 0.393. The first-order valence-electron chi connectivity index (χ1n) is 4.75. The van der Waals surface area contributed by atoms with Gasteiger partial charge in [-0.15, -0.1) is 5.10 Å². The Balaban J connectivity index is 2.56. The van der Waals surface area contributed by atoms with Gasteiger partial charge in [0.15, 0.2) is 0 Å². The van der Waals surface area contributed by atoms with E-state index in [1.807, 2.05) is 18.2 Å². The van der Waals surface area contributed by atoms with Crippen LogP contribution >= 0.6 is 0 Å². The molecule has 0 saturated heterocycles. The number of hydrogen-bond donors (Lipinski definition) is 1. The maximum atomic E-state index is 6.07. The molecule has 0 aliphatic rings. The minimum atomic E-state index is 0.000370. The summed E-state index contributed by atoms with van der Waals surface area (Å²) < 4.78 is 1.80. The lowest BCUT2D eigenvalue weighted by atomic mass is 10.0. The van der Waals surface area contributed by atoms with Crippen molar-refractivity contribution in [2.24, 2.45) is 11.7 Å². The number of nitrogens with zero attached hydrogens (tertiary/aromatic N) is 3. The maximum Gasteiger partial charge on any atom is 0.0868 e. The van der Waals surface area contributed by atoms with Crippen molar-refractivity contribution in [3.05, 3.63) is 30.1 Å². The van der Waals surface area contributed by atoms with Gasteiger partial charge in [0.2, 0.25) is 0 Å². The van der Waals surface area contributed by atoms with Crippen LogP contribution in [0.25, 0.3) is 5.52 Å². The van der Waals surface area contributed by atoms with Crippen molar-refractivity contribution < 1.29 is 0 Å². The Morgan fingerprint density at radius 1 is 1.36 bits per heavy atom. The molecule has 74 valence electrons. The maximum absolute atomic E-state index is 6.07. The highest BCUT2D eigenvalue weighted by Gasteiger charge is 2.13. The molecule has 0 saturated carbocycles. The van der Waals surface area contributed by atoms with Crippen LogP contribution in [0.4, 0.5) is 0 Å². The van der Waals surface area contributed by atoms with Crippen molar-refractivity contribution in [2.45, 2.75) is 19.9 Å². The lowest BCUT2D eigenvalue weighted by molar-refractivity contribution is 0.491. The van der Waals surface area contributed by atoms with Crippen LogP contribution in [0, 0.1) is 5.92 Å². The van der Waals surface area contributed by atoms with E-state index in [2.05, 4.69) is 24.2 Å². The molecule has 2 N–H and O–H groups in total. The third kappa shape index (κ3) is 1.37. The molecule has 2 aromatic heterocycles. The number of fused-ring (bicyclic) bond motifs is 1. The quantitative estimate of drug-likeness (QED) is 0.778. The van der Waals surface area contributed by atoms with E-state index in [0.29, 0.717) is 5.92 Å². The molecular weight excluding hydrogens is 176 g/mol. The van der Waals surface area contributed by atoms with E-state index >= 15 is 0 Å². The van der Waals surface area contributed by atoms with E-state index in [0.717, 1.165) is 11.2 Å². The minimum absolute atomic E-state index is 0.000370. The monoisotopic (exact) mass is 190 g/mol. The van der Waals surface area contributed by atoms with Crippen LogP contribution in [-0.2, 0) is 0 Å². The van der Waals surface area contributed by atoms with Gasteiger partial charge in [0.05, 0.1) is 17.4 Å². The van der Waals surface area contributed by atoms with Crippen LogP contribution in [0.1, 0.15) is 25.6 Å². The highest BCUT2D eigenvalue weighted by atomic mass is 15.4. The van der Waals surface area contributed by atoms with E-state index in [1.54, 1.807) is 10.7 Å². The second kappa shape index (κ2) is 3.38. The standard InChI is InChI=1S/C10H14N4/c1-7(2)10(11)9-5-3-4-8-6-12-13-14(8)9/h3-7,10H,11H2,1-2H3. The van der Waals surface area contributed by atoms with E-state index < -0.39 is 0 Å². The first-order chi connectivity index (χ1) is 6.70. The van der Waals surface area contributed by atoms with Crippen molar-refractivity contribution in [1.29, 1.82) is 0 Å². The van der Waals surface area contributed by atoms with Crippen molar-refractivity contribution in [2.75, 3.05) is 0 Å². The molecule has 0 fully saturated rings. The molecule has 0 radical (unpaired) electrons. The number of rotatable bonds is 2. The molecule has 0 aliphatic carbocycles. The topological polar surface area (TPSA) is 56.2 Å². The molecule has 14 heavy (non-hydrogen) atoms. The normalized spacial score (nSPS) is 13.7. The molecule has 4 nitrogen and oxygen atoms in total. The van der Waals surface area contributed by atoms with Crippen LogP contribution < -0.4 is 5.73 Å². The van der Waals surface area contributed by atoms with Crippen molar-refractivity contribution in [3.63, 3.8) is 0 Å². The van der Waals surface area contributed by atoms with Gasteiger partial charge < -0.3 is 5.73 Å². The SMILES string of the molecule is CC(C)C(N)c1cccc2cnnn12. The van der Waals surface area contributed by atoms with Gasteiger partial charge in [0.25, 0.3) is 0 Å². The number of hydrogen-bond acceptors (Lipinski definition) is 3. The fraction of sp³-hybridized carbons (Fsp3) is 0.400. The number of nitrogens with two attached hydrogens (primary N) is 1. The average Bonchev–Trinajstić information content (AvgIpc) is 2.63. The third-order valence-electron chi connectivity index (χ3n) is 2.41. The Morgan fingerprint density at radius 3 is 2.86 bits per heavy atom. The fourth-order valence-corrected chi connectivity index (χ4v) is 1.47. The zero-order chi connectivity index (χ0) is 10.1. The molecular formula is C10H14N4. The Morgan fingerprint density at radius 2 is 2.14 bits per heavy atom. The number of pyridine rings is 1. The predicted molar refractivity (Wildman–Crippen MR) is 54.8 cm³/mol. The minimum Gasteiger partial charge on any atom is -0.322 e. The molecule has 2 heterocycles. The smallest absolute Gasteiger partial charge is 0.0868 e. The number of aromatic nitrogens is 3. The van der Waals surface area contributed by atoms with Gasteiger partial charge in [0.1, 0.15) is 0 Å². The molecule has 2 aromatic rings. The molecule has 4 heteroatoms. The van der Waals surface area contributed by atoms with Crippen molar-refractivity contribution >= 4 is 5.52 Å². The molecule has 0 bridgehead atoms. The van der Waals surface area contributed by atoms with Crippen LogP contribution in [0.3, 0.4) is 0 Å². The van der Waals surface area contributed by atoms with Gasteiger partial charge in [-0.2, -0.15) is 0 Å². The highest BCUT2D eigenvalue weighted by Crippen LogP contribution is 2.18. The van der Waals surface area contributed by atoms with Gasteiger partial charge >= 0.3 is 0 Å². The lowest BCUT2D eigenvalue weighted by Crippen LogP contribution is -2.20. The molecule has 2 rings (SSSR count). The average molecular weight is 190 g/mol. The second-order valence-corrected chi connectivity index (χ2v) is 3.79. The summed E-state index contributed by atoms with van der Waals surface area (Å²) in [6.07, 6.45) is 1.73. The molecule has 0 aromatic carbocycles. The fourth-order valence-electron chi connectivity index (χ4n) is 1.47. The van der Waals surface area contributed by atoms with Crippen LogP contribution in [-0.4, -0.2) is 14.8 Å². The van der Waals surface area contributed by atoms with Gasteiger partial charge in [-0.05, 0) is 18.1 Å². The summed E-state index contributed by atoms with van der Waals surface area (Å²) in [6.45, 7) is 4.20. The van der Waals surface area contributed by atoms with E-state index in [1.165, 1.54) is 0 Å². The molecule has 0 amide bonds. The lowest BCUT2D eigenvalue weighted by Gasteiger charge is -2.16. The Hall–Kier alpha value is -1.42. The predicted octanol–water partition coefficient (Wildman–Crippen LogP) is 1.39. The first kappa shape index (κ1) is 9.15. The summed E-state index contributed by atoms with van der Waals surface area (Å²) >= 11 is 0. The molecule has 1 unspecified atom stereocenters. The highest BCUT2D eigenvalue weighted by molar-refractivity contribution is 5.44. The molecule has 0 spiro atoms. The Bertz CT molecular complexity index is 432. The van der Waals surface area contributed by atoms with Gasteiger partial charge in [-0.1, -0.05) is 25.1 Å². The van der Waals surface area contributed by atoms with Crippen molar-refractivity contribution in [1.82, 2.24) is 14.8 Å². The zero-order valence-electron chi connectivity index (χ0n) is 8.38. The summed E-state index contributed by atoms with van der Waals surface area (Å²) in [5.41, 5.74) is 8.07. The van der Waals surface area contributed by atoms with Gasteiger partial charge in [0, 0.05) is 6.04 Å². The Labute approximate surface area is 82.7 Å². The second-order valence-electron chi connectivity index (χ2n) is 3.79. The Kier molecular flexibility index (Phi) is 2.21. The van der Waals surface area contributed by atoms with E-state index in [-0.39, 0.29) is 6.04 Å². The molecule has 0 aliphatic heterocycles. The first-order valence-corrected chi connectivity index (χ1v) is 4.75.